The highest BCUT2D eigenvalue weighted by Crippen LogP contribution is 2.28. The lowest BCUT2D eigenvalue weighted by Crippen LogP contribution is -1.90. The zero-order valence-electron chi connectivity index (χ0n) is 12.3. The molecule has 4 rings (SSSR count). The Hall–Kier alpha value is -3.02. The molecule has 2 aromatic heterocycles. The third-order valence-corrected chi connectivity index (χ3v) is 3.88. The SMILES string of the molecule is COc1cccc(-c2nnc3n(C)c4ccc(N)cc4n23)c1. The molecule has 0 bridgehead atoms. The van der Waals surface area contributed by atoms with Crippen molar-refractivity contribution < 1.29 is 4.74 Å². The lowest BCUT2D eigenvalue weighted by Gasteiger charge is -2.03. The molecule has 0 atom stereocenters. The summed E-state index contributed by atoms with van der Waals surface area (Å²) in [6.07, 6.45) is 0. The van der Waals surface area contributed by atoms with E-state index in [4.69, 9.17) is 10.5 Å². The molecule has 0 amide bonds. The van der Waals surface area contributed by atoms with Gasteiger partial charge in [-0.1, -0.05) is 12.1 Å². The predicted octanol–water partition coefficient (Wildman–Crippen LogP) is 2.48. The molecule has 0 aliphatic heterocycles. The lowest BCUT2D eigenvalue weighted by atomic mass is 10.2. The molecule has 0 radical (unpaired) electrons. The maximum Gasteiger partial charge on any atom is 0.236 e. The summed E-state index contributed by atoms with van der Waals surface area (Å²) in [7, 11) is 3.62. The molecule has 6 nitrogen and oxygen atoms in total. The molecular weight excluding hydrogens is 278 g/mol. The van der Waals surface area contributed by atoms with Crippen LogP contribution in [0.2, 0.25) is 0 Å². The van der Waals surface area contributed by atoms with E-state index in [1.54, 1.807) is 7.11 Å². The fourth-order valence-corrected chi connectivity index (χ4v) is 2.78. The second-order valence-electron chi connectivity index (χ2n) is 5.20. The Kier molecular flexibility index (Phi) is 2.59. The predicted molar refractivity (Wildman–Crippen MR) is 85.9 cm³/mol. The van der Waals surface area contributed by atoms with Crippen molar-refractivity contribution in [3.8, 4) is 17.1 Å². The van der Waals surface area contributed by atoms with E-state index in [0.29, 0.717) is 5.69 Å². The van der Waals surface area contributed by atoms with E-state index in [2.05, 4.69) is 10.2 Å². The van der Waals surface area contributed by atoms with Crippen molar-refractivity contribution in [1.82, 2.24) is 19.2 Å². The van der Waals surface area contributed by atoms with Gasteiger partial charge in [0.15, 0.2) is 5.82 Å². The molecule has 2 N–H and O–H groups in total. The van der Waals surface area contributed by atoms with Gasteiger partial charge >= 0.3 is 0 Å². The maximum atomic E-state index is 5.94. The van der Waals surface area contributed by atoms with Gasteiger partial charge in [-0.2, -0.15) is 0 Å². The fourth-order valence-electron chi connectivity index (χ4n) is 2.78. The Labute approximate surface area is 126 Å². The minimum absolute atomic E-state index is 0.713. The normalized spacial score (nSPS) is 11.4. The topological polar surface area (TPSA) is 70.4 Å². The molecule has 4 aromatic rings. The smallest absolute Gasteiger partial charge is 0.236 e. The Bertz CT molecular complexity index is 999. The van der Waals surface area contributed by atoms with Crippen LogP contribution in [0.1, 0.15) is 0 Å². The highest BCUT2D eigenvalue weighted by atomic mass is 16.5. The molecule has 22 heavy (non-hydrogen) atoms. The van der Waals surface area contributed by atoms with E-state index >= 15 is 0 Å². The Morgan fingerprint density at radius 1 is 1.05 bits per heavy atom. The van der Waals surface area contributed by atoms with Gasteiger partial charge < -0.3 is 15.0 Å². The van der Waals surface area contributed by atoms with Crippen LogP contribution in [-0.2, 0) is 7.05 Å². The molecule has 6 heteroatoms. The molecule has 0 aliphatic rings. The van der Waals surface area contributed by atoms with E-state index in [9.17, 15) is 0 Å². The summed E-state index contributed by atoms with van der Waals surface area (Å²) in [4.78, 5) is 0. The van der Waals surface area contributed by atoms with Crippen LogP contribution in [0.3, 0.4) is 0 Å². The molecule has 0 aliphatic carbocycles. The minimum atomic E-state index is 0.713. The quantitative estimate of drug-likeness (QED) is 0.576. The molecule has 2 heterocycles. The van der Waals surface area contributed by atoms with Crippen LogP contribution in [-0.4, -0.2) is 26.3 Å². The van der Waals surface area contributed by atoms with Gasteiger partial charge in [-0.05, 0) is 30.3 Å². The molecular formula is C16H15N5O. The number of nitrogen functional groups attached to an aromatic ring is 1. The summed E-state index contributed by atoms with van der Waals surface area (Å²) in [5, 5.41) is 8.65. The van der Waals surface area contributed by atoms with Gasteiger partial charge in [-0.3, -0.25) is 4.40 Å². The first-order valence-corrected chi connectivity index (χ1v) is 6.92. The molecule has 0 saturated heterocycles. The van der Waals surface area contributed by atoms with E-state index in [1.165, 1.54) is 0 Å². The number of hydrogen-bond donors (Lipinski definition) is 1. The third-order valence-electron chi connectivity index (χ3n) is 3.88. The van der Waals surface area contributed by atoms with Crippen LogP contribution >= 0.6 is 0 Å². The number of hydrogen-bond acceptors (Lipinski definition) is 4. The highest BCUT2D eigenvalue weighted by Gasteiger charge is 2.16. The van der Waals surface area contributed by atoms with E-state index in [1.807, 2.05) is 58.5 Å². The lowest BCUT2D eigenvalue weighted by molar-refractivity contribution is 0.415. The number of benzene rings is 2. The molecule has 0 spiro atoms. The van der Waals surface area contributed by atoms with Gasteiger partial charge in [0.2, 0.25) is 5.78 Å². The second kappa shape index (κ2) is 4.49. The van der Waals surface area contributed by atoms with Gasteiger partial charge in [-0.25, -0.2) is 0 Å². The molecule has 0 unspecified atom stereocenters. The van der Waals surface area contributed by atoms with Crippen molar-refractivity contribution >= 4 is 22.5 Å². The Morgan fingerprint density at radius 3 is 2.73 bits per heavy atom. The van der Waals surface area contributed by atoms with E-state index in [0.717, 1.165) is 33.9 Å². The van der Waals surface area contributed by atoms with Crippen molar-refractivity contribution in [1.29, 1.82) is 0 Å². The Morgan fingerprint density at radius 2 is 1.91 bits per heavy atom. The molecule has 0 fully saturated rings. The minimum Gasteiger partial charge on any atom is -0.497 e. The van der Waals surface area contributed by atoms with Crippen LogP contribution < -0.4 is 10.5 Å². The van der Waals surface area contributed by atoms with Gasteiger partial charge in [0.1, 0.15) is 5.75 Å². The standard InChI is InChI=1S/C16H15N5O/c1-20-13-7-6-11(17)9-14(13)21-15(18-19-16(20)21)10-4-3-5-12(8-10)22-2/h3-9H,17H2,1-2H3. The number of fused-ring (bicyclic) bond motifs is 3. The van der Waals surface area contributed by atoms with Crippen LogP contribution in [0.4, 0.5) is 5.69 Å². The van der Waals surface area contributed by atoms with Crippen LogP contribution in [0.5, 0.6) is 5.75 Å². The number of rotatable bonds is 2. The highest BCUT2D eigenvalue weighted by molar-refractivity contribution is 5.85. The van der Waals surface area contributed by atoms with E-state index < -0.39 is 0 Å². The number of aryl methyl sites for hydroxylation is 1. The number of ether oxygens (including phenoxy) is 1. The zero-order valence-corrected chi connectivity index (χ0v) is 12.3. The Balaban J connectivity index is 2.08. The van der Waals surface area contributed by atoms with Crippen molar-refractivity contribution in [3.05, 3.63) is 42.5 Å². The summed E-state index contributed by atoms with van der Waals surface area (Å²) >= 11 is 0. The van der Waals surface area contributed by atoms with E-state index in [-0.39, 0.29) is 0 Å². The van der Waals surface area contributed by atoms with Crippen LogP contribution in [0.15, 0.2) is 42.5 Å². The summed E-state index contributed by atoms with van der Waals surface area (Å²) in [5.41, 5.74) is 9.65. The van der Waals surface area contributed by atoms with Gasteiger partial charge in [-0.15, -0.1) is 10.2 Å². The average molecular weight is 293 g/mol. The molecule has 0 saturated carbocycles. The maximum absolute atomic E-state index is 5.94. The van der Waals surface area contributed by atoms with Crippen LogP contribution in [0.25, 0.3) is 28.2 Å². The number of aromatic nitrogens is 4. The summed E-state index contributed by atoms with van der Waals surface area (Å²) < 4.78 is 9.31. The average Bonchev–Trinajstić information content (AvgIpc) is 3.08. The van der Waals surface area contributed by atoms with Crippen molar-refractivity contribution in [2.24, 2.45) is 7.05 Å². The van der Waals surface area contributed by atoms with Crippen molar-refractivity contribution in [2.75, 3.05) is 12.8 Å². The van der Waals surface area contributed by atoms with Gasteiger partial charge in [0.25, 0.3) is 0 Å². The number of imidazole rings is 1. The van der Waals surface area contributed by atoms with Crippen LogP contribution in [0, 0.1) is 0 Å². The summed E-state index contributed by atoms with van der Waals surface area (Å²) in [5.74, 6) is 2.33. The summed E-state index contributed by atoms with van der Waals surface area (Å²) in [6.45, 7) is 0. The molecule has 2 aromatic carbocycles. The number of nitrogens with zero attached hydrogens (tertiary/aromatic N) is 4. The number of nitrogens with two attached hydrogens (primary N) is 1. The zero-order chi connectivity index (χ0) is 15.3. The molecule has 110 valence electrons. The number of methoxy groups -OCH3 is 1. The largest absolute Gasteiger partial charge is 0.497 e. The van der Waals surface area contributed by atoms with Gasteiger partial charge in [0.05, 0.1) is 18.1 Å². The number of anilines is 1. The summed E-state index contributed by atoms with van der Waals surface area (Å²) in [6, 6.07) is 13.6. The monoisotopic (exact) mass is 293 g/mol. The second-order valence-corrected chi connectivity index (χ2v) is 5.20. The first-order valence-electron chi connectivity index (χ1n) is 6.92. The third kappa shape index (κ3) is 1.67. The fraction of sp³-hybridized carbons (Fsp3) is 0.125. The first kappa shape index (κ1) is 12.7. The first-order chi connectivity index (χ1) is 10.7. The van der Waals surface area contributed by atoms with Crippen molar-refractivity contribution in [2.45, 2.75) is 0 Å². The van der Waals surface area contributed by atoms with Gasteiger partial charge in [0, 0.05) is 18.3 Å². The van der Waals surface area contributed by atoms with Crippen molar-refractivity contribution in [3.63, 3.8) is 0 Å².